The maximum atomic E-state index is 5.28. The summed E-state index contributed by atoms with van der Waals surface area (Å²) in [7, 11) is 3.38. The molecule has 1 saturated heterocycles. The summed E-state index contributed by atoms with van der Waals surface area (Å²) in [5, 5.41) is 0. The van der Waals surface area contributed by atoms with Crippen molar-refractivity contribution in [2.75, 3.05) is 32.2 Å². The van der Waals surface area contributed by atoms with Crippen LogP contribution in [0.25, 0.3) is 0 Å². The van der Waals surface area contributed by atoms with E-state index in [4.69, 9.17) is 9.47 Å². The van der Waals surface area contributed by atoms with E-state index in [1.54, 1.807) is 14.2 Å². The Morgan fingerprint density at radius 1 is 0.875 bits per heavy atom. The summed E-state index contributed by atoms with van der Waals surface area (Å²) in [5.74, 6) is 1.72. The highest BCUT2D eigenvalue weighted by atomic mass is 16.5. The Kier molecular flexibility index (Phi) is 3.54. The van der Waals surface area contributed by atoms with Crippen molar-refractivity contribution in [3.63, 3.8) is 0 Å². The molecule has 3 heteroatoms. The first-order valence-electron chi connectivity index (χ1n) is 5.81. The van der Waals surface area contributed by atoms with Crippen molar-refractivity contribution in [3.8, 4) is 11.5 Å². The van der Waals surface area contributed by atoms with E-state index in [9.17, 15) is 0 Å². The molecular formula is C13H19NO2. The molecule has 0 unspecified atom stereocenters. The number of methoxy groups -OCH3 is 2. The molecule has 0 radical (unpaired) electrons. The highest BCUT2D eigenvalue weighted by Crippen LogP contribution is 2.29. The number of rotatable bonds is 3. The summed E-state index contributed by atoms with van der Waals surface area (Å²) in [6.45, 7) is 2.27. The van der Waals surface area contributed by atoms with E-state index in [0.29, 0.717) is 0 Å². The van der Waals surface area contributed by atoms with Crippen LogP contribution in [0.2, 0.25) is 0 Å². The highest BCUT2D eigenvalue weighted by Gasteiger charge is 2.12. The maximum Gasteiger partial charge on any atom is 0.124 e. The van der Waals surface area contributed by atoms with E-state index >= 15 is 0 Å². The Balaban J connectivity index is 2.24. The summed E-state index contributed by atoms with van der Waals surface area (Å²) in [6, 6.07) is 6.06. The van der Waals surface area contributed by atoms with Crippen LogP contribution in [-0.2, 0) is 0 Å². The zero-order chi connectivity index (χ0) is 11.4. The van der Waals surface area contributed by atoms with Crippen molar-refractivity contribution in [1.82, 2.24) is 0 Å². The van der Waals surface area contributed by atoms with E-state index < -0.39 is 0 Å². The van der Waals surface area contributed by atoms with Crippen molar-refractivity contribution in [2.45, 2.75) is 19.3 Å². The van der Waals surface area contributed by atoms with Crippen LogP contribution in [0.5, 0.6) is 11.5 Å². The number of nitrogens with zero attached hydrogens (tertiary/aromatic N) is 1. The van der Waals surface area contributed by atoms with Crippen LogP contribution in [0.15, 0.2) is 18.2 Å². The Labute approximate surface area is 97.0 Å². The highest BCUT2D eigenvalue weighted by molar-refractivity contribution is 5.55. The minimum absolute atomic E-state index is 0.861. The lowest BCUT2D eigenvalue weighted by molar-refractivity contribution is 0.394. The first-order valence-corrected chi connectivity index (χ1v) is 5.81. The second-order valence-corrected chi connectivity index (χ2v) is 4.12. The second kappa shape index (κ2) is 5.10. The van der Waals surface area contributed by atoms with Gasteiger partial charge in [0.1, 0.15) is 11.5 Å². The lowest BCUT2D eigenvalue weighted by Crippen LogP contribution is -2.29. The van der Waals surface area contributed by atoms with Crippen LogP contribution < -0.4 is 14.4 Å². The van der Waals surface area contributed by atoms with Gasteiger partial charge in [-0.25, -0.2) is 0 Å². The molecule has 0 bridgehead atoms. The lowest BCUT2D eigenvalue weighted by atomic mass is 10.1. The molecule has 0 saturated carbocycles. The number of benzene rings is 1. The fraction of sp³-hybridized carbons (Fsp3) is 0.538. The molecule has 0 aliphatic carbocycles. The summed E-state index contributed by atoms with van der Waals surface area (Å²) in [5.41, 5.74) is 1.20. The molecule has 1 aliphatic rings. The van der Waals surface area contributed by atoms with Crippen molar-refractivity contribution in [3.05, 3.63) is 18.2 Å². The van der Waals surface area contributed by atoms with Gasteiger partial charge in [0.2, 0.25) is 0 Å². The van der Waals surface area contributed by atoms with E-state index in [2.05, 4.69) is 17.0 Å². The van der Waals surface area contributed by atoms with Gasteiger partial charge in [-0.2, -0.15) is 0 Å². The van der Waals surface area contributed by atoms with Gasteiger partial charge in [-0.15, -0.1) is 0 Å². The molecule has 0 amide bonds. The average Bonchev–Trinajstić information content (AvgIpc) is 2.39. The van der Waals surface area contributed by atoms with Crippen LogP contribution in [0.1, 0.15) is 19.3 Å². The van der Waals surface area contributed by atoms with E-state index in [1.807, 2.05) is 6.07 Å². The minimum atomic E-state index is 0.861. The van der Waals surface area contributed by atoms with E-state index in [-0.39, 0.29) is 0 Å². The van der Waals surface area contributed by atoms with Crippen LogP contribution in [0.4, 0.5) is 5.69 Å². The zero-order valence-corrected chi connectivity index (χ0v) is 10.0. The standard InChI is InChI=1S/C13H19NO2/c1-15-12-8-11(9-13(10-12)16-2)14-6-4-3-5-7-14/h8-10H,3-7H2,1-2H3. The molecule has 1 fully saturated rings. The monoisotopic (exact) mass is 221 g/mol. The number of hydrogen-bond acceptors (Lipinski definition) is 3. The molecular weight excluding hydrogens is 202 g/mol. The number of hydrogen-bond donors (Lipinski definition) is 0. The van der Waals surface area contributed by atoms with Gasteiger partial charge in [-0.1, -0.05) is 0 Å². The molecule has 2 rings (SSSR count). The first kappa shape index (κ1) is 11.1. The molecule has 1 aromatic carbocycles. The number of anilines is 1. The van der Waals surface area contributed by atoms with E-state index in [1.165, 1.54) is 24.9 Å². The Morgan fingerprint density at radius 3 is 1.94 bits per heavy atom. The summed E-state index contributed by atoms with van der Waals surface area (Å²) >= 11 is 0. The van der Waals surface area contributed by atoms with Crippen molar-refractivity contribution in [1.29, 1.82) is 0 Å². The largest absolute Gasteiger partial charge is 0.497 e. The van der Waals surface area contributed by atoms with Crippen LogP contribution in [0, 0.1) is 0 Å². The molecule has 1 aliphatic heterocycles. The van der Waals surface area contributed by atoms with Crippen molar-refractivity contribution < 1.29 is 9.47 Å². The van der Waals surface area contributed by atoms with Gasteiger partial charge >= 0.3 is 0 Å². The Bertz CT molecular complexity index is 324. The summed E-state index contributed by atoms with van der Waals surface area (Å²) in [6.07, 6.45) is 3.90. The Hall–Kier alpha value is -1.38. The maximum absolute atomic E-state index is 5.28. The third-order valence-corrected chi connectivity index (χ3v) is 3.06. The molecule has 3 nitrogen and oxygen atoms in total. The van der Waals surface area contributed by atoms with Crippen LogP contribution in [0.3, 0.4) is 0 Å². The molecule has 16 heavy (non-hydrogen) atoms. The zero-order valence-electron chi connectivity index (χ0n) is 10.0. The number of piperidine rings is 1. The molecule has 0 N–H and O–H groups in total. The second-order valence-electron chi connectivity index (χ2n) is 4.12. The predicted molar refractivity (Wildman–Crippen MR) is 65.6 cm³/mol. The third-order valence-electron chi connectivity index (χ3n) is 3.06. The van der Waals surface area contributed by atoms with Gasteiger partial charge in [-0.05, 0) is 19.3 Å². The molecule has 0 spiro atoms. The fourth-order valence-electron chi connectivity index (χ4n) is 2.13. The summed E-state index contributed by atoms with van der Waals surface area (Å²) in [4.78, 5) is 2.40. The molecule has 0 atom stereocenters. The van der Waals surface area contributed by atoms with Crippen LogP contribution in [-0.4, -0.2) is 27.3 Å². The predicted octanol–water partition coefficient (Wildman–Crippen LogP) is 2.69. The SMILES string of the molecule is COc1cc(OC)cc(N2CCCCC2)c1. The average molecular weight is 221 g/mol. The smallest absolute Gasteiger partial charge is 0.124 e. The third kappa shape index (κ3) is 2.40. The van der Waals surface area contributed by atoms with E-state index in [0.717, 1.165) is 24.6 Å². The van der Waals surface area contributed by atoms with Gasteiger partial charge < -0.3 is 14.4 Å². The van der Waals surface area contributed by atoms with Gasteiger partial charge in [0.05, 0.1) is 14.2 Å². The first-order chi connectivity index (χ1) is 7.83. The van der Waals surface area contributed by atoms with Crippen molar-refractivity contribution in [2.24, 2.45) is 0 Å². The molecule has 1 heterocycles. The van der Waals surface area contributed by atoms with Gasteiger partial charge in [-0.3, -0.25) is 0 Å². The van der Waals surface area contributed by atoms with Crippen LogP contribution >= 0.6 is 0 Å². The Morgan fingerprint density at radius 2 is 1.44 bits per heavy atom. The number of ether oxygens (including phenoxy) is 2. The van der Waals surface area contributed by atoms with Gasteiger partial charge in [0.25, 0.3) is 0 Å². The normalized spacial score (nSPS) is 16.0. The van der Waals surface area contributed by atoms with Gasteiger partial charge in [0.15, 0.2) is 0 Å². The molecule has 0 aromatic heterocycles. The topological polar surface area (TPSA) is 21.7 Å². The summed E-state index contributed by atoms with van der Waals surface area (Å²) < 4.78 is 10.6. The lowest BCUT2D eigenvalue weighted by Gasteiger charge is -2.29. The molecule has 1 aromatic rings. The molecule has 88 valence electrons. The quantitative estimate of drug-likeness (QED) is 0.783. The minimum Gasteiger partial charge on any atom is -0.497 e. The fourth-order valence-corrected chi connectivity index (χ4v) is 2.13. The van der Waals surface area contributed by atoms with Crippen molar-refractivity contribution >= 4 is 5.69 Å². The van der Waals surface area contributed by atoms with Gasteiger partial charge in [0, 0.05) is 37.0 Å².